The number of halogens is 2. The smallest absolute Gasteiger partial charge is 0.124 e. The summed E-state index contributed by atoms with van der Waals surface area (Å²) in [6, 6.07) is 25.6. The molecule has 0 spiro atoms. The first kappa shape index (κ1) is 22.6. The van der Waals surface area contributed by atoms with Gasteiger partial charge in [0.2, 0.25) is 0 Å². The monoisotopic (exact) mass is 449 g/mol. The Kier molecular flexibility index (Phi) is 7.49. The van der Waals surface area contributed by atoms with Gasteiger partial charge in [-0.1, -0.05) is 66.2 Å². The van der Waals surface area contributed by atoms with Crippen LogP contribution in [0, 0.1) is 11.3 Å². The molecule has 4 nitrogen and oxygen atoms in total. The van der Waals surface area contributed by atoms with E-state index in [1.165, 1.54) is 0 Å². The van der Waals surface area contributed by atoms with Crippen molar-refractivity contribution in [3.63, 3.8) is 0 Å². The number of ether oxygens (including phenoxy) is 1. The molecule has 4 rings (SSSR count). The van der Waals surface area contributed by atoms with Crippen molar-refractivity contribution in [2.75, 3.05) is 0 Å². The summed E-state index contributed by atoms with van der Waals surface area (Å²) < 4.78 is 8.30. The van der Waals surface area contributed by atoms with Crippen molar-refractivity contribution in [3.8, 4) is 17.2 Å². The van der Waals surface area contributed by atoms with E-state index in [2.05, 4.69) is 11.1 Å². The van der Waals surface area contributed by atoms with Crippen LogP contribution in [0.2, 0.25) is 5.02 Å². The van der Waals surface area contributed by atoms with E-state index < -0.39 is 0 Å². The van der Waals surface area contributed by atoms with Crippen LogP contribution in [0.4, 0.5) is 0 Å². The molecule has 0 radical (unpaired) electrons. The molecule has 3 aromatic carbocycles. The summed E-state index contributed by atoms with van der Waals surface area (Å²) in [4.78, 5) is 4.26. The molecule has 0 bridgehead atoms. The summed E-state index contributed by atoms with van der Waals surface area (Å²) in [5.41, 5.74) is 5.13. The number of aryl methyl sites for hydroxylation is 1. The highest BCUT2D eigenvalue weighted by Gasteiger charge is 2.21. The van der Waals surface area contributed by atoms with Crippen molar-refractivity contribution in [2.45, 2.75) is 12.7 Å². The number of nitrogens with zero attached hydrogens (tertiary/aromatic N) is 3. The number of nitriles is 1. The fraction of sp³-hybridized carbons (Fsp3) is 0.120. The second kappa shape index (κ2) is 10.3. The van der Waals surface area contributed by atoms with E-state index in [4.69, 9.17) is 16.3 Å². The average molecular weight is 450 g/mol. The molecule has 6 heteroatoms. The van der Waals surface area contributed by atoms with Crippen molar-refractivity contribution in [1.29, 1.82) is 5.26 Å². The highest BCUT2D eigenvalue weighted by Crippen LogP contribution is 2.35. The Bertz CT molecular complexity index is 1200. The van der Waals surface area contributed by atoms with Crippen LogP contribution in [0.15, 0.2) is 85.3 Å². The van der Waals surface area contributed by atoms with E-state index in [1.54, 1.807) is 6.33 Å². The van der Waals surface area contributed by atoms with Crippen molar-refractivity contribution in [2.24, 2.45) is 7.05 Å². The third-order valence-electron chi connectivity index (χ3n) is 5.01. The van der Waals surface area contributed by atoms with Crippen LogP contribution < -0.4 is 0 Å². The van der Waals surface area contributed by atoms with E-state index >= 15 is 0 Å². The molecule has 1 aromatic heterocycles. The van der Waals surface area contributed by atoms with Crippen molar-refractivity contribution < 1.29 is 4.74 Å². The third-order valence-corrected chi connectivity index (χ3v) is 5.34. The fourth-order valence-corrected chi connectivity index (χ4v) is 3.69. The van der Waals surface area contributed by atoms with E-state index in [-0.39, 0.29) is 18.5 Å². The molecule has 0 N–H and O–H groups in total. The molecule has 0 amide bonds. The molecule has 1 atom stereocenters. The highest BCUT2D eigenvalue weighted by molar-refractivity contribution is 6.33. The first-order valence-corrected chi connectivity index (χ1v) is 9.96. The largest absolute Gasteiger partial charge is 0.363 e. The van der Waals surface area contributed by atoms with Gasteiger partial charge in [-0.3, -0.25) is 0 Å². The Balaban J connectivity index is 0.00000272. The predicted octanol–water partition coefficient (Wildman–Crippen LogP) is 6.34. The molecule has 1 heterocycles. The Morgan fingerprint density at radius 3 is 2.45 bits per heavy atom. The second-order valence-corrected chi connectivity index (χ2v) is 7.41. The first-order valence-electron chi connectivity index (χ1n) is 9.58. The Hall–Kier alpha value is -3.10. The average Bonchev–Trinajstić information content (AvgIpc) is 3.20. The van der Waals surface area contributed by atoms with E-state index in [0.717, 1.165) is 27.9 Å². The molecule has 0 fully saturated rings. The lowest BCUT2D eigenvalue weighted by atomic mass is 9.95. The maximum atomic E-state index is 9.64. The predicted molar refractivity (Wildman–Crippen MR) is 125 cm³/mol. The van der Waals surface area contributed by atoms with Crippen LogP contribution in [0.25, 0.3) is 11.1 Å². The lowest BCUT2D eigenvalue weighted by Gasteiger charge is -2.20. The number of imidazole rings is 1. The summed E-state index contributed by atoms with van der Waals surface area (Å²) in [6.07, 6.45) is 3.22. The van der Waals surface area contributed by atoms with Gasteiger partial charge >= 0.3 is 0 Å². The van der Waals surface area contributed by atoms with Gasteiger partial charge in [0.25, 0.3) is 0 Å². The van der Waals surface area contributed by atoms with Gasteiger partial charge in [-0.15, -0.1) is 12.4 Å². The Morgan fingerprint density at radius 2 is 1.77 bits per heavy atom. The molecule has 0 aliphatic carbocycles. The molecular formula is C25H21Cl2N3O. The Morgan fingerprint density at radius 1 is 1.03 bits per heavy atom. The fourth-order valence-electron chi connectivity index (χ4n) is 3.45. The molecule has 31 heavy (non-hydrogen) atoms. The van der Waals surface area contributed by atoms with Gasteiger partial charge in [-0.25, -0.2) is 4.98 Å². The van der Waals surface area contributed by atoms with Crippen LogP contribution in [0.3, 0.4) is 0 Å². The van der Waals surface area contributed by atoms with Gasteiger partial charge in [-0.2, -0.15) is 5.26 Å². The van der Waals surface area contributed by atoms with Gasteiger partial charge in [-0.05, 0) is 29.3 Å². The van der Waals surface area contributed by atoms with Gasteiger partial charge < -0.3 is 9.30 Å². The molecule has 0 saturated carbocycles. The molecule has 4 aromatic rings. The van der Waals surface area contributed by atoms with Crippen LogP contribution >= 0.6 is 24.0 Å². The number of benzene rings is 3. The molecule has 0 saturated heterocycles. The van der Waals surface area contributed by atoms with Crippen molar-refractivity contribution in [1.82, 2.24) is 9.55 Å². The molecule has 0 aliphatic heterocycles. The van der Waals surface area contributed by atoms with Gasteiger partial charge in [0.15, 0.2) is 0 Å². The summed E-state index contributed by atoms with van der Waals surface area (Å²) in [6.45, 7) is 0.456. The second-order valence-electron chi connectivity index (χ2n) is 7.00. The zero-order valence-corrected chi connectivity index (χ0v) is 18.5. The summed E-state index contributed by atoms with van der Waals surface area (Å²) in [5.74, 6) is 0. The maximum absolute atomic E-state index is 9.64. The zero-order chi connectivity index (χ0) is 20.9. The SMILES string of the molecule is Cl.Cn1cncc1C(OCc1ccccc1)c1ccc(C#N)c(-c2ccccc2Cl)c1. The summed E-state index contributed by atoms with van der Waals surface area (Å²) in [7, 11) is 1.94. The van der Waals surface area contributed by atoms with Crippen LogP contribution in [0.5, 0.6) is 0 Å². The molecule has 1 unspecified atom stereocenters. The zero-order valence-electron chi connectivity index (χ0n) is 16.9. The van der Waals surface area contributed by atoms with E-state index in [1.807, 2.05) is 90.6 Å². The van der Waals surface area contributed by atoms with Crippen molar-refractivity contribution >= 4 is 24.0 Å². The minimum Gasteiger partial charge on any atom is -0.363 e. The van der Waals surface area contributed by atoms with Crippen molar-refractivity contribution in [3.05, 3.63) is 113 Å². The Labute approximate surface area is 193 Å². The van der Waals surface area contributed by atoms with Gasteiger partial charge in [0.1, 0.15) is 6.10 Å². The number of hydrogen-bond acceptors (Lipinski definition) is 3. The quantitative estimate of drug-likeness (QED) is 0.345. The number of aromatic nitrogens is 2. The minimum absolute atomic E-state index is 0. The number of hydrogen-bond donors (Lipinski definition) is 0. The standard InChI is InChI=1S/C25H20ClN3O.ClH/c1-29-17-28-15-24(29)25(30-16-18-7-3-2-4-8-18)19-11-12-20(14-27)22(13-19)21-9-5-6-10-23(21)26;/h2-13,15,17,25H,16H2,1H3;1H. The summed E-state index contributed by atoms with van der Waals surface area (Å²) >= 11 is 6.43. The number of rotatable bonds is 6. The van der Waals surface area contributed by atoms with Crippen LogP contribution in [-0.2, 0) is 18.4 Å². The van der Waals surface area contributed by atoms with E-state index in [0.29, 0.717) is 17.2 Å². The molecule has 0 aliphatic rings. The van der Waals surface area contributed by atoms with Gasteiger partial charge in [0, 0.05) is 23.2 Å². The van der Waals surface area contributed by atoms with E-state index in [9.17, 15) is 5.26 Å². The van der Waals surface area contributed by atoms with Gasteiger partial charge in [0.05, 0.1) is 36.5 Å². The molecule has 156 valence electrons. The van der Waals surface area contributed by atoms with Crippen LogP contribution in [0.1, 0.15) is 28.5 Å². The summed E-state index contributed by atoms with van der Waals surface area (Å²) in [5, 5.41) is 10.2. The normalized spacial score (nSPS) is 11.4. The molecular weight excluding hydrogens is 429 g/mol. The third kappa shape index (κ3) is 4.98. The lowest BCUT2D eigenvalue weighted by molar-refractivity contribution is 0.0622. The minimum atomic E-state index is -0.341. The van der Waals surface area contributed by atoms with Crippen LogP contribution in [-0.4, -0.2) is 9.55 Å². The topological polar surface area (TPSA) is 50.8 Å². The first-order chi connectivity index (χ1) is 14.7. The highest BCUT2D eigenvalue weighted by atomic mass is 35.5. The maximum Gasteiger partial charge on any atom is 0.124 e. The lowest BCUT2D eigenvalue weighted by Crippen LogP contribution is -2.11.